The third-order valence-electron chi connectivity index (χ3n) is 4.98. The Bertz CT molecular complexity index is 1000. The highest BCUT2D eigenvalue weighted by atomic mass is 32.2. The Morgan fingerprint density at radius 2 is 1.61 bits per heavy atom. The number of aryl methyl sites for hydroxylation is 1. The summed E-state index contributed by atoms with van der Waals surface area (Å²) < 4.78 is 27.2. The highest BCUT2D eigenvalue weighted by Gasteiger charge is 2.26. The predicted octanol–water partition coefficient (Wildman–Crippen LogP) is 2.23. The Kier molecular flexibility index (Phi) is 8.97. The van der Waals surface area contributed by atoms with E-state index in [-0.39, 0.29) is 31.1 Å². The fourth-order valence-electron chi connectivity index (χ4n) is 3.42. The first-order valence-corrected chi connectivity index (χ1v) is 11.9. The van der Waals surface area contributed by atoms with Crippen molar-refractivity contribution in [1.29, 1.82) is 0 Å². The van der Waals surface area contributed by atoms with Crippen molar-refractivity contribution in [3.8, 4) is 0 Å². The van der Waals surface area contributed by atoms with Gasteiger partial charge in [0.05, 0.1) is 5.75 Å². The van der Waals surface area contributed by atoms with Gasteiger partial charge in [-0.05, 0) is 41.5 Å². The number of carboxylic acid groups (broad SMARTS) is 2. The maximum absolute atomic E-state index is 12.4. The van der Waals surface area contributed by atoms with E-state index in [0.29, 0.717) is 6.42 Å². The Hall–Kier alpha value is -2.49. The molecule has 0 saturated carbocycles. The highest BCUT2D eigenvalue weighted by Crippen LogP contribution is 2.19. The van der Waals surface area contributed by atoms with E-state index in [2.05, 4.69) is 10.0 Å². The van der Waals surface area contributed by atoms with E-state index in [9.17, 15) is 28.2 Å². The standard InChI is InChI=1S/C22H30N2O6S/c1-15(2)14-20(22(27)28)24-19(21(25)26)10-12-23-31(29,30)13-11-17-8-5-7-16-6-3-4-9-18(16)17/h3-9,15,19-20,23-24H,10-14H2,1-2H3,(H,25,26)(H,27,28). The lowest BCUT2D eigenvalue weighted by molar-refractivity contribution is -0.143. The predicted molar refractivity (Wildman–Crippen MR) is 119 cm³/mol. The van der Waals surface area contributed by atoms with Gasteiger partial charge in [-0.1, -0.05) is 56.3 Å². The van der Waals surface area contributed by atoms with E-state index in [1.54, 1.807) is 0 Å². The zero-order chi connectivity index (χ0) is 23.0. The van der Waals surface area contributed by atoms with Crippen LogP contribution in [-0.2, 0) is 26.0 Å². The van der Waals surface area contributed by atoms with Crippen LogP contribution in [0.25, 0.3) is 10.8 Å². The first-order valence-electron chi connectivity index (χ1n) is 10.2. The Morgan fingerprint density at radius 1 is 0.968 bits per heavy atom. The van der Waals surface area contributed by atoms with Crippen molar-refractivity contribution in [3.05, 3.63) is 48.0 Å². The summed E-state index contributed by atoms with van der Waals surface area (Å²) in [6, 6.07) is 11.3. The summed E-state index contributed by atoms with van der Waals surface area (Å²) in [7, 11) is -3.62. The lowest BCUT2D eigenvalue weighted by Crippen LogP contribution is -2.49. The molecule has 0 fully saturated rings. The average molecular weight is 451 g/mol. The molecule has 0 bridgehead atoms. The van der Waals surface area contributed by atoms with Gasteiger partial charge in [-0.2, -0.15) is 0 Å². The van der Waals surface area contributed by atoms with Gasteiger partial charge >= 0.3 is 11.9 Å². The molecule has 0 heterocycles. The molecular formula is C22H30N2O6S. The third-order valence-corrected chi connectivity index (χ3v) is 6.37. The Labute approximate surface area is 182 Å². The molecule has 0 amide bonds. The third kappa shape index (κ3) is 7.93. The van der Waals surface area contributed by atoms with Gasteiger partial charge in [0.2, 0.25) is 10.0 Å². The lowest BCUT2D eigenvalue weighted by atomic mass is 10.0. The van der Waals surface area contributed by atoms with Crippen molar-refractivity contribution >= 4 is 32.7 Å². The molecule has 2 aromatic carbocycles. The maximum atomic E-state index is 12.4. The molecule has 0 aliphatic rings. The second kappa shape index (κ2) is 11.2. The lowest BCUT2D eigenvalue weighted by Gasteiger charge is -2.21. The number of nitrogens with one attached hydrogen (secondary N) is 2. The van der Waals surface area contributed by atoms with Crippen molar-refractivity contribution in [2.24, 2.45) is 5.92 Å². The summed E-state index contributed by atoms with van der Waals surface area (Å²) in [4.78, 5) is 22.9. The molecule has 0 saturated heterocycles. The summed E-state index contributed by atoms with van der Waals surface area (Å²) in [6.07, 6.45) is 0.535. The fourth-order valence-corrected chi connectivity index (χ4v) is 4.48. The summed E-state index contributed by atoms with van der Waals surface area (Å²) >= 11 is 0. The normalized spacial score (nSPS) is 13.9. The molecule has 2 atom stereocenters. The monoisotopic (exact) mass is 450 g/mol. The van der Waals surface area contributed by atoms with Crippen molar-refractivity contribution in [2.75, 3.05) is 12.3 Å². The van der Waals surface area contributed by atoms with Gasteiger partial charge in [-0.15, -0.1) is 0 Å². The van der Waals surface area contributed by atoms with Gasteiger partial charge in [0, 0.05) is 6.54 Å². The maximum Gasteiger partial charge on any atom is 0.320 e. The summed E-state index contributed by atoms with van der Waals surface area (Å²) in [5, 5.41) is 23.3. The number of carbonyl (C=O) groups is 2. The first-order chi connectivity index (χ1) is 14.6. The van der Waals surface area contributed by atoms with Gasteiger partial charge in [0.1, 0.15) is 12.1 Å². The number of carboxylic acids is 2. The molecule has 9 heteroatoms. The van der Waals surface area contributed by atoms with Crippen LogP contribution in [0.15, 0.2) is 42.5 Å². The van der Waals surface area contributed by atoms with Gasteiger partial charge in [-0.25, -0.2) is 13.1 Å². The van der Waals surface area contributed by atoms with Crippen LogP contribution in [0.3, 0.4) is 0 Å². The second-order valence-electron chi connectivity index (χ2n) is 7.97. The Balaban J connectivity index is 1.92. The van der Waals surface area contributed by atoms with Crippen LogP contribution in [0.5, 0.6) is 0 Å². The van der Waals surface area contributed by atoms with Crippen molar-refractivity contribution < 1.29 is 28.2 Å². The molecule has 4 N–H and O–H groups in total. The molecule has 8 nitrogen and oxygen atoms in total. The van der Waals surface area contributed by atoms with Crippen LogP contribution in [0.1, 0.15) is 32.3 Å². The van der Waals surface area contributed by atoms with Gasteiger partial charge in [0.15, 0.2) is 0 Å². The number of hydrogen-bond donors (Lipinski definition) is 4. The molecule has 2 rings (SSSR count). The van der Waals surface area contributed by atoms with Crippen molar-refractivity contribution in [2.45, 2.75) is 45.2 Å². The first kappa shape index (κ1) is 24.8. The minimum absolute atomic E-state index is 0.0648. The largest absolute Gasteiger partial charge is 0.480 e. The van der Waals surface area contributed by atoms with Crippen LogP contribution in [-0.4, -0.2) is 55.0 Å². The molecular weight excluding hydrogens is 420 g/mol. The average Bonchev–Trinajstić information content (AvgIpc) is 2.70. The molecule has 2 unspecified atom stereocenters. The van der Waals surface area contributed by atoms with Crippen molar-refractivity contribution in [3.63, 3.8) is 0 Å². The number of fused-ring (bicyclic) bond motifs is 1. The SMILES string of the molecule is CC(C)CC(NC(CCNS(=O)(=O)CCc1cccc2ccccc12)C(=O)O)C(=O)O. The minimum atomic E-state index is -3.62. The minimum Gasteiger partial charge on any atom is -0.480 e. The molecule has 170 valence electrons. The smallest absolute Gasteiger partial charge is 0.320 e. The molecule has 0 spiro atoms. The number of rotatable bonds is 13. The number of aliphatic carboxylic acids is 2. The Morgan fingerprint density at radius 3 is 2.26 bits per heavy atom. The zero-order valence-corrected chi connectivity index (χ0v) is 18.6. The van der Waals surface area contributed by atoms with Crippen LogP contribution < -0.4 is 10.0 Å². The van der Waals surface area contributed by atoms with Gasteiger partial charge in [-0.3, -0.25) is 14.9 Å². The van der Waals surface area contributed by atoms with Crippen molar-refractivity contribution in [1.82, 2.24) is 10.0 Å². The molecule has 2 aromatic rings. The summed E-state index contributed by atoms with van der Waals surface area (Å²) in [5.74, 6) is -2.41. The molecule has 0 radical (unpaired) electrons. The van der Waals surface area contributed by atoms with E-state index < -0.39 is 34.0 Å². The van der Waals surface area contributed by atoms with Crippen LogP contribution in [0.2, 0.25) is 0 Å². The number of hydrogen-bond acceptors (Lipinski definition) is 5. The van der Waals surface area contributed by atoms with E-state index in [1.807, 2.05) is 56.3 Å². The quantitative estimate of drug-likeness (QED) is 0.368. The van der Waals surface area contributed by atoms with E-state index >= 15 is 0 Å². The fraction of sp³-hybridized carbons (Fsp3) is 0.455. The molecule has 0 aliphatic carbocycles. The van der Waals surface area contributed by atoms with E-state index in [0.717, 1.165) is 16.3 Å². The number of sulfonamides is 1. The summed E-state index contributed by atoms with van der Waals surface area (Å²) in [5.41, 5.74) is 0.923. The van der Waals surface area contributed by atoms with E-state index in [1.165, 1.54) is 0 Å². The van der Waals surface area contributed by atoms with Gasteiger partial charge < -0.3 is 10.2 Å². The molecule has 0 aromatic heterocycles. The highest BCUT2D eigenvalue weighted by molar-refractivity contribution is 7.89. The number of benzene rings is 2. The van der Waals surface area contributed by atoms with Gasteiger partial charge in [0.25, 0.3) is 0 Å². The zero-order valence-electron chi connectivity index (χ0n) is 17.7. The topological polar surface area (TPSA) is 133 Å². The van der Waals surface area contributed by atoms with Crippen LogP contribution >= 0.6 is 0 Å². The summed E-state index contributed by atoms with van der Waals surface area (Å²) in [6.45, 7) is 3.59. The molecule has 0 aliphatic heterocycles. The van der Waals surface area contributed by atoms with E-state index in [4.69, 9.17) is 0 Å². The molecule has 31 heavy (non-hydrogen) atoms. The van der Waals surface area contributed by atoms with Crippen LogP contribution in [0, 0.1) is 5.92 Å². The van der Waals surface area contributed by atoms with Crippen LogP contribution in [0.4, 0.5) is 0 Å². The second-order valence-corrected chi connectivity index (χ2v) is 9.89.